The molecule has 3 rings (SSSR count). The van der Waals surface area contributed by atoms with Crippen LogP contribution in [0.25, 0.3) is 0 Å². The zero-order chi connectivity index (χ0) is 15.0. The number of benzene rings is 2. The lowest BCUT2D eigenvalue weighted by molar-refractivity contribution is -0.118. The third-order valence-electron chi connectivity index (χ3n) is 3.36. The van der Waals surface area contributed by atoms with Gasteiger partial charge in [-0.3, -0.25) is 4.79 Å². The third kappa shape index (κ3) is 2.78. The summed E-state index contributed by atoms with van der Waals surface area (Å²) in [6.07, 6.45) is 0. The molecule has 1 heterocycles. The number of hydrogen-bond donors (Lipinski definition) is 1. The van der Waals surface area contributed by atoms with Gasteiger partial charge in [0.2, 0.25) is 0 Å². The van der Waals surface area contributed by atoms with Crippen molar-refractivity contribution in [2.75, 3.05) is 11.9 Å². The molecule has 1 atom stereocenters. The average molecular weight is 350 g/mol. The van der Waals surface area contributed by atoms with Crippen molar-refractivity contribution in [3.05, 3.63) is 58.9 Å². The third-order valence-corrected chi connectivity index (χ3v) is 4.38. The van der Waals surface area contributed by atoms with Crippen LogP contribution < -0.4 is 10.1 Å². The lowest BCUT2D eigenvalue weighted by Gasteiger charge is -2.20. The van der Waals surface area contributed by atoms with Gasteiger partial charge in [-0.15, -0.1) is 0 Å². The fraction of sp³-hybridized carbons (Fsp3) is 0.188. The van der Waals surface area contributed by atoms with Crippen molar-refractivity contribution in [3.63, 3.8) is 0 Å². The fourth-order valence-electron chi connectivity index (χ4n) is 2.28. The number of aryl methyl sites for hydroxylation is 1. The Hall–Kier alpha value is -1.88. The summed E-state index contributed by atoms with van der Waals surface area (Å²) in [5.41, 5.74) is 2.90. The number of halogens is 2. The highest BCUT2D eigenvalue weighted by Crippen LogP contribution is 2.37. The number of carbonyl (C=O) groups is 1. The lowest BCUT2D eigenvalue weighted by Crippen LogP contribution is -2.25. The quantitative estimate of drug-likeness (QED) is 0.833. The van der Waals surface area contributed by atoms with E-state index < -0.39 is 0 Å². The monoisotopic (exact) mass is 349 g/mol. The van der Waals surface area contributed by atoms with E-state index in [0.717, 1.165) is 11.1 Å². The summed E-state index contributed by atoms with van der Waals surface area (Å²) in [5.74, 6) is 0.185. The number of nitrogens with one attached hydrogen (secondary N) is 1. The van der Waals surface area contributed by atoms with Crippen LogP contribution in [0.2, 0.25) is 0 Å². The van der Waals surface area contributed by atoms with Crippen LogP contribution in [-0.2, 0) is 4.79 Å². The normalized spacial score (nSPS) is 14.9. The zero-order valence-corrected chi connectivity index (χ0v) is 12.9. The Morgan fingerprint density at radius 2 is 2.10 bits per heavy atom. The Morgan fingerprint density at radius 3 is 2.86 bits per heavy atom. The maximum absolute atomic E-state index is 14.1. The van der Waals surface area contributed by atoms with Gasteiger partial charge in [-0.25, -0.2) is 4.39 Å². The van der Waals surface area contributed by atoms with Gasteiger partial charge in [0, 0.05) is 5.56 Å². The topological polar surface area (TPSA) is 38.3 Å². The zero-order valence-electron chi connectivity index (χ0n) is 11.3. The first-order valence-corrected chi connectivity index (χ1v) is 7.43. The number of alkyl halides is 1. The van der Waals surface area contributed by atoms with Crippen molar-refractivity contribution in [1.82, 2.24) is 0 Å². The molecule has 0 saturated heterocycles. The Balaban J connectivity index is 1.96. The molecule has 1 aliphatic heterocycles. The van der Waals surface area contributed by atoms with Gasteiger partial charge in [-0.05, 0) is 36.2 Å². The summed E-state index contributed by atoms with van der Waals surface area (Å²) in [4.78, 5) is 11.1. The molecule has 5 heteroatoms. The molecule has 1 N–H and O–H groups in total. The van der Waals surface area contributed by atoms with Crippen LogP contribution in [0, 0.1) is 12.7 Å². The molecule has 2 aromatic rings. The van der Waals surface area contributed by atoms with Crippen LogP contribution in [-0.4, -0.2) is 12.5 Å². The highest BCUT2D eigenvalue weighted by Gasteiger charge is 2.20. The molecule has 0 radical (unpaired) electrons. The Labute approximate surface area is 130 Å². The molecule has 3 nitrogen and oxygen atoms in total. The summed E-state index contributed by atoms with van der Waals surface area (Å²) in [7, 11) is 0. The summed E-state index contributed by atoms with van der Waals surface area (Å²) in [6.45, 7) is 1.87. The number of rotatable bonds is 2. The van der Waals surface area contributed by atoms with E-state index >= 15 is 0 Å². The first-order valence-electron chi connectivity index (χ1n) is 6.51. The van der Waals surface area contributed by atoms with Crippen molar-refractivity contribution < 1.29 is 13.9 Å². The van der Waals surface area contributed by atoms with Crippen molar-refractivity contribution in [1.29, 1.82) is 0 Å². The molecule has 0 fully saturated rings. The SMILES string of the molecule is Cc1ccc(C(Br)c2ccc3c(c2)NC(=O)CO3)c(F)c1. The summed E-state index contributed by atoms with van der Waals surface area (Å²) in [5, 5.41) is 2.75. The molecule has 1 unspecified atom stereocenters. The van der Waals surface area contributed by atoms with Crippen LogP contribution in [0.15, 0.2) is 36.4 Å². The lowest BCUT2D eigenvalue weighted by atomic mass is 10.0. The van der Waals surface area contributed by atoms with Crippen molar-refractivity contribution in [2.24, 2.45) is 0 Å². The summed E-state index contributed by atoms with van der Waals surface area (Å²) >= 11 is 3.52. The Kier molecular flexibility index (Phi) is 3.68. The van der Waals surface area contributed by atoms with E-state index in [0.29, 0.717) is 17.0 Å². The maximum Gasteiger partial charge on any atom is 0.262 e. The van der Waals surface area contributed by atoms with E-state index in [9.17, 15) is 9.18 Å². The van der Waals surface area contributed by atoms with Crippen molar-refractivity contribution in [3.8, 4) is 5.75 Å². The molecule has 0 saturated carbocycles. The smallest absolute Gasteiger partial charge is 0.262 e. The summed E-state index contributed by atoms with van der Waals surface area (Å²) in [6, 6.07) is 10.6. The first-order chi connectivity index (χ1) is 10.0. The Bertz CT molecular complexity index is 717. The van der Waals surface area contributed by atoms with Gasteiger partial charge in [-0.2, -0.15) is 0 Å². The van der Waals surface area contributed by atoms with E-state index in [-0.39, 0.29) is 23.2 Å². The molecular formula is C16H13BrFNO2. The minimum Gasteiger partial charge on any atom is -0.482 e. The van der Waals surface area contributed by atoms with E-state index in [4.69, 9.17) is 4.74 Å². The highest BCUT2D eigenvalue weighted by molar-refractivity contribution is 9.09. The van der Waals surface area contributed by atoms with Gasteiger partial charge < -0.3 is 10.1 Å². The molecule has 0 spiro atoms. The highest BCUT2D eigenvalue weighted by atomic mass is 79.9. The van der Waals surface area contributed by atoms with Crippen LogP contribution in [0.5, 0.6) is 5.75 Å². The average Bonchev–Trinajstić information content (AvgIpc) is 2.46. The van der Waals surface area contributed by atoms with Crippen LogP contribution >= 0.6 is 15.9 Å². The van der Waals surface area contributed by atoms with Crippen LogP contribution in [0.3, 0.4) is 0 Å². The molecule has 1 aliphatic rings. The van der Waals surface area contributed by atoms with Gasteiger partial charge in [0.25, 0.3) is 5.91 Å². The van der Waals surface area contributed by atoms with Gasteiger partial charge in [-0.1, -0.05) is 34.1 Å². The largest absolute Gasteiger partial charge is 0.482 e. The second kappa shape index (κ2) is 5.48. The second-order valence-corrected chi connectivity index (χ2v) is 5.90. The van der Waals surface area contributed by atoms with Crippen LogP contribution in [0.1, 0.15) is 21.5 Å². The van der Waals surface area contributed by atoms with E-state index in [1.165, 1.54) is 6.07 Å². The predicted octanol–water partition coefficient (Wildman–Crippen LogP) is 3.95. The standard InChI is InChI=1S/C16H13BrFNO2/c1-9-2-4-11(12(18)6-9)16(17)10-3-5-14-13(7-10)19-15(20)8-21-14/h2-7,16H,8H2,1H3,(H,19,20). The van der Waals surface area contributed by atoms with Gasteiger partial charge in [0.15, 0.2) is 6.61 Å². The van der Waals surface area contributed by atoms with E-state index in [1.807, 2.05) is 19.1 Å². The minimum absolute atomic E-state index is 0.0245. The van der Waals surface area contributed by atoms with Gasteiger partial charge >= 0.3 is 0 Å². The fourth-order valence-corrected chi connectivity index (χ4v) is 2.93. The number of ether oxygens (including phenoxy) is 1. The molecular weight excluding hydrogens is 337 g/mol. The number of carbonyl (C=O) groups excluding carboxylic acids is 1. The molecule has 0 aliphatic carbocycles. The number of amides is 1. The van der Waals surface area contributed by atoms with E-state index in [2.05, 4.69) is 21.2 Å². The summed E-state index contributed by atoms with van der Waals surface area (Å²) < 4.78 is 19.4. The second-order valence-electron chi connectivity index (χ2n) is 4.98. The van der Waals surface area contributed by atoms with Gasteiger partial charge in [0.05, 0.1) is 10.5 Å². The number of hydrogen-bond acceptors (Lipinski definition) is 2. The molecule has 108 valence electrons. The maximum atomic E-state index is 14.1. The minimum atomic E-state index is -0.290. The van der Waals surface area contributed by atoms with Crippen molar-refractivity contribution in [2.45, 2.75) is 11.8 Å². The molecule has 21 heavy (non-hydrogen) atoms. The molecule has 0 aromatic heterocycles. The first kappa shape index (κ1) is 14.1. The number of anilines is 1. The van der Waals surface area contributed by atoms with E-state index in [1.54, 1.807) is 18.2 Å². The van der Waals surface area contributed by atoms with Gasteiger partial charge in [0.1, 0.15) is 11.6 Å². The molecule has 1 amide bonds. The molecule has 0 bridgehead atoms. The van der Waals surface area contributed by atoms with Crippen LogP contribution in [0.4, 0.5) is 10.1 Å². The van der Waals surface area contributed by atoms with Crippen molar-refractivity contribution >= 4 is 27.5 Å². The molecule has 2 aromatic carbocycles. The predicted molar refractivity (Wildman–Crippen MR) is 82.5 cm³/mol. The number of fused-ring (bicyclic) bond motifs is 1. The Morgan fingerprint density at radius 1 is 1.29 bits per heavy atom.